The Morgan fingerprint density at radius 2 is 2.22 bits per heavy atom. The summed E-state index contributed by atoms with van der Waals surface area (Å²) in [5.41, 5.74) is 1.71. The van der Waals surface area contributed by atoms with Gasteiger partial charge in [-0.1, -0.05) is 12.1 Å². The molecule has 18 heavy (non-hydrogen) atoms. The summed E-state index contributed by atoms with van der Waals surface area (Å²) < 4.78 is 13.7. The number of aromatic nitrogens is 1. The number of nitrogens with zero attached hydrogens (tertiary/aromatic N) is 1. The monoisotopic (exact) mass is 262 g/mol. The Bertz CT molecular complexity index is 532. The lowest BCUT2D eigenvalue weighted by molar-refractivity contribution is 0.456. The van der Waals surface area contributed by atoms with E-state index in [-0.39, 0.29) is 5.82 Å². The Morgan fingerprint density at radius 3 is 3.00 bits per heavy atom. The predicted octanol–water partition coefficient (Wildman–Crippen LogP) is 3.42. The Hall–Kier alpha value is -1.26. The fourth-order valence-electron chi connectivity index (χ4n) is 2.34. The molecule has 0 amide bonds. The number of hydrogen-bond acceptors (Lipinski definition) is 3. The molecule has 0 spiro atoms. The van der Waals surface area contributed by atoms with Crippen LogP contribution in [0.25, 0.3) is 10.6 Å². The Labute approximate surface area is 110 Å². The molecule has 3 rings (SSSR count). The van der Waals surface area contributed by atoms with Gasteiger partial charge in [-0.2, -0.15) is 0 Å². The highest BCUT2D eigenvalue weighted by Crippen LogP contribution is 2.30. The number of piperidine rings is 1. The molecule has 0 radical (unpaired) electrons. The first kappa shape index (κ1) is 11.8. The van der Waals surface area contributed by atoms with Crippen LogP contribution in [0.2, 0.25) is 0 Å². The normalized spacial score (nSPS) is 19.9. The van der Waals surface area contributed by atoms with Crippen molar-refractivity contribution in [2.45, 2.75) is 18.8 Å². The lowest BCUT2D eigenvalue weighted by Crippen LogP contribution is -2.28. The van der Waals surface area contributed by atoms with Crippen LogP contribution >= 0.6 is 11.3 Å². The SMILES string of the molecule is Fc1ccccc1-c1nc(C2CCCNC2)cs1. The highest BCUT2D eigenvalue weighted by Gasteiger charge is 2.18. The molecule has 1 aliphatic rings. The lowest BCUT2D eigenvalue weighted by atomic mass is 9.97. The molecular weight excluding hydrogens is 247 g/mol. The maximum absolute atomic E-state index is 13.7. The summed E-state index contributed by atoms with van der Waals surface area (Å²) in [6.45, 7) is 2.08. The van der Waals surface area contributed by atoms with E-state index < -0.39 is 0 Å². The van der Waals surface area contributed by atoms with E-state index in [9.17, 15) is 4.39 Å². The number of halogens is 1. The first-order valence-electron chi connectivity index (χ1n) is 6.25. The van der Waals surface area contributed by atoms with Crippen LogP contribution in [0.4, 0.5) is 4.39 Å². The minimum Gasteiger partial charge on any atom is -0.316 e. The number of nitrogens with one attached hydrogen (secondary N) is 1. The van der Waals surface area contributed by atoms with Gasteiger partial charge in [-0.3, -0.25) is 0 Å². The number of thiazole rings is 1. The second kappa shape index (κ2) is 5.16. The summed E-state index contributed by atoms with van der Waals surface area (Å²) in [7, 11) is 0. The van der Waals surface area contributed by atoms with Gasteiger partial charge in [0, 0.05) is 23.4 Å². The Balaban J connectivity index is 1.87. The summed E-state index contributed by atoms with van der Waals surface area (Å²) in [6, 6.07) is 6.83. The molecule has 94 valence electrons. The Kier molecular flexibility index (Phi) is 3.39. The van der Waals surface area contributed by atoms with E-state index in [2.05, 4.69) is 15.7 Å². The zero-order valence-corrected chi connectivity index (χ0v) is 10.8. The molecule has 1 N–H and O–H groups in total. The zero-order chi connectivity index (χ0) is 12.4. The minimum atomic E-state index is -0.194. The van der Waals surface area contributed by atoms with Crippen LogP contribution in [0.15, 0.2) is 29.6 Å². The van der Waals surface area contributed by atoms with E-state index in [0.29, 0.717) is 11.5 Å². The molecular formula is C14H15FN2S. The highest BCUT2D eigenvalue weighted by atomic mass is 32.1. The van der Waals surface area contributed by atoms with Crippen molar-refractivity contribution >= 4 is 11.3 Å². The van der Waals surface area contributed by atoms with Crippen LogP contribution in [0.3, 0.4) is 0 Å². The topological polar surface area (TPSA) is 24.9 Å². The van der Waals surface area contributed by atoms with Gasteiger partial charge in [-0.25, -0.2) is 9.37 Å². The molecule has 2 heterocycles. The molecule has 0 bridgehead atoms. The summed E-state index contributed by atoms with van der Waals surface area (Å²) in [5.74, 6) is 0.288. The zero-order valence-electron chi connectivity index (χ0n) is 10.0. The smallest absolute Gasteiger partial charge is 0.133 e. The molecule has 2 nitrogen and oxygen atoms in total. The third kappa shape index (κ3) is 2.31. The Morgan fingerprint density at radius 1 is 1.33 bits per heavy atom. The number of rotatable bonds is 2. The van der Waals surface area contributed by atoms with E-state index in [4.69, 9.17) is 0 Å². The van der Waals surface area contributed by atoms with Gasteiger partial charge < -0.3 is 5.32 Å². The van der Waals surface area contributed by atoms with Gasteiger partial charge in [-0.05, 0) is 31.5 Å². The molecule has 1 unspecified atom stereocenters. The molecule has 1 aromatic carbocycles. The standard InChI is InChI=1S/C14H15FN2S/c15-12-6-2-1-5-11(12)14-17-13(9-18-14)10-4-3-7-16-8-10/h1-2,5-6,9-10,16H,3-4,7-8H2. The van der Waals surface area contributed by atoms with E-state index in [1.807, 2.05) is 6.07 Å². The van der Waals surface area contributed by atoms with E-state index >= 15 is 0 Å². The van der Waals surface area contributed by atoms with Crippen LogP contribution in [-0.2, 0) is 0 Å². The summed E-state index contributed by atoms with van der Waals surface area (Å²) in [6.07, 6.45) is 2.37. The molecule has 2 aromatic rings. The van der Waals surface area contributed by atoms with Crippen LogP contribution < -0.4 is 5.32 Å². The molecule has 1 aliphatic heterocycles. The van der Waals surface area contributed by atoms with Crippen LogP contribution in [-0.4, -0.2) is 18.1 Å². The molecule has 1 saturated heterocycles. The van der Waals surface area contributed by atoms with Crippen LogP contribution in [0.1, 0.15) is 24.5 Å². The maximum atomic E-state index is 13.7. The molecule has 1 aromatic heterocycles. The molecule has 1 fully saturated rings. The van der Waals surface area contributed by atoms with Crippen LogP contribution in [0, 0.1) is 5.82 Å². The van der Waals surface area contributed by atoms with Gasteiger partial charge in [-0.15, -0.1) is 11.3 Å². The van der Waals surface area contributed by atoms with Crippen molar-refractivity contribution in [3.63, 3.8) is 0 Å². The van der Waals surface area contributed by atoms with Gasteiger partial charge >= 0.3 is 0 Å². The second-order valence-corrected chi connectivity index (χ2v) is 5.46. The van der Waals surface area contributed by atoms with E-state index in [1.54, 1.807) is 12.1 Å². The van der Waals surface area contributed by atoms with Crippen molar-refractivity contribution in [2.75, 3.05) is 13.1 Å². The first-order chi connectivity index (χ1) is 8.84. The van der Waals surface area contributed by atoms with Crippen molar-refractivity contribution in [2.24, 2.45) is 0 Å². The fraction of sp³-hybridized carbons (Fsp3) is 0.357. The first-order valence-corrected chi connectivity index (χ1v) is 7.13. The summed E-state index contributed by atoms with van der Waals surface area (Å²) in [5, 5.41) is 6.24. The third-order valence-electron chi connectivity index (χ3n) is 3.34. The number of benzene rings is 1. The minimum absolute atomic E-state index is 0.194. The maximum Gasteiger partial charge on any atom is 0.133 e. The van der Waals surface area contributed by atoms with Gasteiger partial charge in [0.2, 0.25) is 0 Å². The van der Waals surface area contributed by atoms with Gasteiger partial charge in [0.25, 0.3) is 0 Å². The molecule has 1 atom stereocenters. The molecule has 4 heteroatoms. The molecule has 0 aliphatic carbocycles. The quantitative estimate of drug-likeness (QED) is 0.897. The van der Waals surface area contributed by atoms with E-state index in [0.717, 1.165) is 23.8 Å². The second-order valence-electron chi connectivity index (χ2n) is 4.60. The van der Waals surface area contributed by atoms with Crippen molar-refractivity contribution in [1.29, 1.82) is 0 Å². The fourth-order valence-corrected chi connectivity index (χ4v) is 3.26. The van der Waals surface area contributed by atoms with E-state index in [1.165, 1.54) is 30.2 Å². The third-order valence-corrected chi connectivity index (χ3v) is 4.24. The predicted molar refractivity (Wildman–Crippen MR) is 72.4 cm³/mol. The van der Waals surface area contributed by atoms with Crippen molar-refractivity contribution in [1.82, 2.24) is 10.3 Å². The van der Waals surface area contributed by atoms with Gasteiger partial charge in [0.05, 0.1) is 5.69 Å². The highest BCUT2D eigenvalue weighted by molar-refractivity contribution is 7.13. The summed E-state index contributed by atoms with van der Waals surface area (Å²) in [4.78, 5) is 4.60. The average Bonchev–Trinajstić information content (AvgIpc) is 2.90. The van der Waals surface area contributed by atoms with Gasteiger partial charge in [0.1, 0.15) is 10.8 Å². The largest absolute Gasteiger partial charge is 0.316 e. The van der Waals surface area contributed by atoms with Crippen LogP contribution in [0.5, 0.6) is 0 Å². The van der Waals surface area contributed by atoms with Gasteiger partial charge in [0.15, 0.2) is 0 Å². The van der Waals surface area contributed by atoms with Crippen molar-refractivity contribution in [3.8, 4) is 10.6 Å². The van der Waals surface area contributed by atoms with Crippen molar-refractivity contribution in [3.05, 3.63) is 41.2 Å². The lowest BCUT2D eigenvalue weighted by Gasteiger charge is -2.20. The number of hydrogen-bond donors (Lipinski definition) is 1. The van der Waals surface area contributed by atoms with Crippen molar-refractivity contribution < 1.29 is 4.39 Å². The molecule has 0 saturated carbocycles. The average molecular weight is 262 g/mol. The summed E-state index contributed by atoms with van der Waals surface area (Å²) >= 11 is 1.53.